The van der Waals surface area contributed by atoms with Crippen LogP contribution >= 0.6 is 11.8 Å². The summed E-state index contributed by atoms with van der Waals surface area (Å²) in [6, 6.07) is 9.87. The summed E-state index contributed by atoms with van der Waals surface area (Å²) in [5.41, 5.74) is 0.793. The van der Waals surface area contributed by atoms with Crippen LogP contribution in [-0.4, -0.2) is 11.1 Å². The van der Waals surface area contributed by atoms with Crippen molar-refractivity contribution in [2.24, 2.45) is 0 Å². The summed E-state index contributed by atoms with van der Waals surface area (Å²) in [4.78, 5) is 11.3. The van der Waals surface area contributed by atoms with Gasteiger partial charge in [0.2, 0.25) is 0 Å². The molecule has 2 aromatic rings. The second-order valence-corrected chi connectivity index (χ2v) is 4.84. The van der Waals surface area contributed by atoms with E-state index in [0.29, 0.717) is 16.2 Å². The molecular formula is C14H10F2O2S. The van der Waals surface area contributed by atoms with Gasteiger partial charge in [-0.1, -0.05) is 18.2 Å². The Morgan fingerprint density at radius 3 is 2.58 bits per heavy atom. The maximum absolute atomic E-state index is 13.4. The maximum atomic E-state index is 13.4. The fraction of sp³-hybridized carbons (Fsp3) is 0.0714. The molecule has 0 spiro atoms. The highest BCUT2D eigenvalue weighted by Crippen LogP contribution is 2.27. The first-order chi connectivity index (χ1) is 9.08. The Morgan fingerprint density at radius 2 is 1.89 bits per heavy atom. The zero-order valence-corrected chi connectivity index (χ0v) is 10.6. The number of rotatable bonds is 4. The number of carboxylic acids is 1. The van der Waals surface area contributed by atoms with E-state index < -0.39 is 17.6 Å². The van der Waals surface area contributed by atoms with Crippen molar-refractivity contribution in [1.82, 2.24) is 0 Å². The summed E-state index contributed by atoms with van der Waals surface area (Å²) in [6.07, 6.45) is 0. The molecule has 0 aliphatic heterocycles. The minimum absolute atomic E-state index is 0.192. The van der Waals surface area contributed by atoms with Crippen LogP contribution in [0.15, 0.2) is 47.4 Å². The molecule has 0 saturated carbocycles. The monoisotopic (exact) mass is 280 g/mol. The first kappa shape index (κ1) is 13.5. The Labute approximate surface area is 113 Å². The van der Waals surface area contributed by atoms with Gasteiger partial charge in [0.05, 0.1) is 5.56 Å². The molecule has 1 N–H and O–H groups in total. The van der Waals surface area contributed by atoms with Crippen molar-refractivity contribution in [2.75, 3.05) is 0 Å². The van der Waals surface area contributed by atoms with E-state index in [2.05, 4.69) is 0 Å². The van der Waals surface area contributed by atoms with E-state index in [1.807, 2.05) is 0 Å². The molecule has 98 valence electrons. The van der Waals surface area contributed by atoms with Gasteiger partial charge in [0.25, 0.3) is 0 Å². The van der Waals surface area contributed by atoms with E-state index in [9.17, 15) is 13.6 Å². The second kappa shape index (κ2) is 5.84. The first-order valence-corrected chi connectivity index (χ1v) is 6.45. The molecule has 5 heteroatoms. The average Bonchev–Trinajstić information content (AvgIpc) is 2.38. The molecule has 2 nitrogen and oxygen atoms in total. The van der Waals surface area contributed by atoms with Crippen molar-refractivity contribution in [3.05, 3.63) is 65.2 Å². The lowest BCUT2D eigenvalue weighted by Gasteiger charge is -2.06. The van der Waals surface area contributed by atoms with Crippen molar-refractivity contribution in [1.29, 1.82) is 0 Å². The van der Waals surface area contributed by atoms with Crippen molar-refractivity contribution >= 4 is 17.7 Å². The molecule has 0 aliphatic carbocycles. The predicted octanol–water partition coefficient (Wildman–Crippen LogP) is 3.96. The van der Waals surface area contributed by atoms with E-state index in [4.69, 9.17) is 5.11 Å². The number of aromatic carboxylic acids is 1. The number of halogens is 2. The van der Waals surface area contributed by atoms with Crippen LogP contribution in [0.2, 0.25) is 0 Å². The van der Waals surface area contributed by atoms with Gasteiger partial charge in [0.15, 0.2) is 0 Å². The topological polar surface area (TPSA) is 37.3 Å². The quantitative estimate of drug-likeness (QED) is 0.861. The highest BCUT2D eigenvalue weighted by Gasteiger charge is 2.10. The van der Waals surface area contributed by atoms with Crippen molar-refractivity contribution in [3.8, 4) is 0 Å². The Balaban J connectivity index is 2.17. The van der Waals surface area contributed by atoms with Gasteiger partial charge in [-0.3, -0.25) is 0 Å². The summed E-state index contributed by atoms with van der Waals surface area (Å²) in [5, 5.41) is 9.02. The normalized spacial score (nSPS) is 10.4. The van der Waals surface area contributed by atoms with Gasteiger partial charge < -0.3 is 5.11 Å². The summed E-state index contributed by atoms with van der Waals surface area (Å²) in [6.45, 7) is 0. The molecule has 0 saturated heterocycles. The Hall–Kier alpha value is -1.88. The van der Waals surface area contributed by atoms with Crippen LogP contribution < -0.4 is 0 Å². The largest absolute Gasteiger partial charge is 0.478 e. The van der Waals surface area contributed by atoms with E-state index >= 15 is 0 Å². The van der Waals surface area contributed by atoms with Gasteiger partial charge in [0.1, 0.15) is 11.6 Å². The molecule has 2 rings (SSSR count). The third kappa shape index (κ3) is 3.32. The number of thioether (sulfide) groups is 1. The zero-order chi connectivity index (χ0) is 13.8. The van der Waals surface area contributed by atoms with Crippen molar-refractivity contribution in [3.63, 3.8) is 0 Å². The van der Waals surface area contributed by atoms with Crippen molar-refractivity contribution in [2.45, 2.75) is 10.6 Å². The molecule has 0 heterocycles. The Morgan fingerprint density at radius 1 is 1.16 bits per heavy atom. The number of hydrogen-bond acceptors (Lipinski definition) is 2. The molecule has 2 aromatic carbocycles. The van der Waals surface area contributed by atoms with Crippen LogP contribution in [-0.2, 0) is 5.75 Å². The van der Waals surface area contributed by atoms with Crippen LogP contribution in [0, 0.1) is 11.6 Å². The van der Waals surface area contributed by atoms with Gasteiger partial charge in [-0.2, -0.15) is 0 Å². The summed E-state index contributed by atoms with van der Waals surface area (Å²) < 4.78 is 26.2. The van der Waals surface area contributed by atoms with Crippen LogP contribution in [0.25, 0.3) is 0 Å². The zero-order valence-electron chi connectivity index (χ0n) is 9.77. The van der Waals surface area contributed by atoms with Crippen molar-refractivity contribution < 1.29 is 18.7 Å². The van der Waals surface area contributed by atoms with Crippen LogP contribution in [0.3, 0.4) is 0 Å². The highest BCUT2D eigenvalue weighted by atomic mass is 32.2. The van der Waals surface area contributed by atoms with Crippen LogP contribution in [0.1, 0.15) is 15.9 Å². The lowest BCUT2D eigenvalue weighted by atomic mass is 10.1. The Kier molecular flexibility index (Phi) is 4.16. The smallest absolute Gasteiger partial charge is 0.335 e. The standard InChI is InChI=1S/C14H10F2O2S/c15-10-5-6-13(12(16)7-10)19-8-9-3-1-2-4-11(9)14(17)18/h1-7H,8H2,(H,17,18). The van der Waals surface area contributed by atoms with Gasteiger partial charge in [-0.05, 0) is 23.8 Å². The molecular weight excluding hydrogens is 270 g/mol. The molecule has 19 heavy (non-hydrogen) atoms. The minimum Gasteiger partial charge on any atom is -0.478 e. The van der Waals surface area contributed by atoms with Gasteiger partial charge in [-0.25, -0.2) is 13.6 Å². The minimum atomic E-state index is -1.02. The van der Waals surface area contributed by atoms with Gasteiger partial charge >= 0.3 is 5.97 Å². The van der Waals surface area contributed by atoms with E-state index in [1.165, 1.54) is 18.2 Å². The summed E-state index contributed by atoms with van der Waals surface area (Å²) in [5.74, 6) is -1.98. The van der Waals surface area contributed by atoms with E-state index in [1.54, 1.807) is 18.2 Å². The molecule has 0 radical (unpaired) electrons. The fourth-order valence-electron chi connectivity index (χ4n) is 1.60. The number of hydrogen-bond donors (Lipinski definition) is 1. The lowest BCUT2D eigenvalue weighted by molar-refractivity contribution is 0.0696. The fourth-order valence-corrected chi connectivity index (χ4v) is 2.53. The molecule has 0 unspecified atom stereocenters. The van der Waals surface area contributed by atoms with Crippen LogP contribution in [0.5, 0.6) is 0 Å². The first-order valence-electron chi connectivity index (χ1n) is 5.47. The van der Waals surface area contributed by atoms with Gasteiger partial charge in [0, 0.05) is 16.7 Å². The van der Waals surface area contributed by atoms with E-state index in [0.717, 1.165) is 17.8 Å². The third-order valence-corrected chi connectivity index (χ3v) is 3.62. The Bertz CT molecular complexity index is 614. The average molecular weight is 280 g/mol. The molecule has 0 bridgehead atoms. The van der Waals surface area contributed by atoms with E-state index in [-0.39, 0.29) is 5.56 Å². The lowest BCUT2D eigenvalue weighted by Crippen LogP contribution is -2.01. The molecule has 0 aromatic heterocycles. The molecule has 0 atom stereocenters. The van der Waals surface area contributed by atoms with Crippen LogP contribution in [0.4, 0.5) is 8.78 Å². The molecule has 0 aliphatic rings. The number of carboxylic acid groups (broad SMARTS) is 1. The third-order valence-electron chi connectivity index (χ3n) is 2.52. The molecule has 0 amide bonds. The highest BCUT2D eigenvalue weighted by molar-refractivity contribution is 7.98. The maximum Gasteiger partial charge on any atom is 0.335 e. The molecule has 0 fully saturated rings. The summed E-state index contributed by atoms with van der Waals surface area (Å²) in [7, 11) is 0. The second-order valence-electron chi connectivity index (χ2n) is 3.83. The SMILES string of the molecule is O=C(O)c1ccccc1CSc1ccc(F)cc1F. The number of carbonyl (C=O) groups is 1. The van der Waals surface area contributed by atoms with Gasteiger partial charge in [-0.15, -0.1) is 11.8 Å². The summed E-state index contributed by atoms with van der Waals surface area (Å²) >= 11 is 1.14. The number of benzene rings is 2. The predicted molar refractivity (Wildman–Crippen MR) is 69.3 cm³/mol.